The molecule has 0 aromatic rings. The monoisotopic (exact) mass is 400 g/mol. The van der Waals surface area contributed by atoms with E-state index in [0.717, 1.165) is 0 Å². The van der Waals surface area contributed by atoms with Crippen molar-refractivity contribution in [2.45, 2.75) is 75.3 Å². The predicted octanol–water partition coefficient (Wildman–Crippen LogP) is -4.80. The molecule has 0 aromatic heterocycles. The van der Waals surface area contributed by atoms with Crippen LogP contribution >= 0.6 is 0 Å². The van der Waals surface area contributed by atoms with Gasteiger partial charge in [-0.2, -0.15) is 0 Å². The molecule has 12 heteroatoms. The van der Waals surface area contributed by atoms with E-state index in [-0.39, 0.29) is 5.78 Å². The molecule has 27 heavy (non-hydrogen) atoms. The summed E-state index contributed by atoms with van der Waals surface area (Å²) in [5, 5.41) is 76.5. The van der Waals surface area contributed by atoms with Crippen molar-refractivity contribution in [1.82, 2.24) is 0 Å². The highest BCUT2D eigenvalue weighted by molar-refractivity contribution is 5.72. The third kappa shape index (κ3) is 6.10. The standard InChI is InChI=1S/C12H22O11.C3H6O/c13-1-3-5(15)6(16)9(19)12(22-3)23-10-4(2-14)21-11(20)8(18)7(10)17;1-3(2)4/h3-20H,1-2H2;1-2H3/t3-,4-,5+,6+,7-,8-,9-,10-,11?,12+;/m1./s1. The zero-order valence-electron chi connectivity index (χ0n) is 14.9. The molecule has 160 valence electrons. The van der Waals surface area contributed by atoms with Gasteiger partial charge in [0.05, 0.1) is 13.2 Å². The summed E-state index contributed by atoms with van der Waals surface area (Å²) in [5.41, 5.74) is 0. The molecular weight excluding hydrogens is 372 g/mol. The van der Waals surface area contributed by atoms with Gasteiger partial charge in [-0.25, -0.2) is 0 Å². The molecular formula is C15H28O12. The van der Waals surface area contributed by atoms with Crippen LogP contribution in [-0.2, 0) is 19.0 Å². The van der Waals surface area contributed by atoms with Crippen LogP contribution < -0.4 is 0 Å². The molecule has 0 aliphatic carbocycles. The molecule has 0 spiro atoms. The summed E-state index contributed by atoms with van der Waals surface area (Å²) >= 11 is 0. The summed E-state index contributed by atoms with van der Waals surface area (Å²) in [4.78, 5) is 9.44. The van der Waals surface area contributed by atoms with Gasteiger partial charge in [0.1, 0.15) is 54.6 Å². The fourth-order valence-electron chi connectivity index (χ4n) is 2.57. The van der Waals surface area contributed by atoms with Crippen LogP contribution in [-0.4, -0.2) is 121 Å². The Balaban J connectivity index is 0.000000828. The summed E-state index contributed by atoms with van der Waals surface area (Å²) in [5.74, 6) is 0.167. The van der Waals surface area contributed by atoms with Crippen molar-refractivity contribution in [2.75, 3.05) is 13.2 Å². The molecule has 2 heterocycles. The largest absolute Gasteiger partial charge is 0.394 e. The number of ether oxygens (including phenoxy) is 3. The van der Waals surface area contributed by atoms with Crippen molar-refractivity contribution in [3.05, 3.63) is 0 Å². The molecule has 8 N–H and O–H groups in total. The van der Waals surface area contributed by atoms with Gasteiger partial charge < -0.3 is 59.9 Å². The number of rotatable bonds is 4. The molecule has 2 aliphatic rings. The average Bonchev–Trinajstić information content (AvgIpc) is 2.61. The predicted molar refractivity (Wildman–Crippen MR) is 85.0 cm³/mol. The van der Waals surface area contributed by atoms with Gasteiger partial charge in [-0.1, -0.05) is 0 Å². The van der Waals surface area contributed by atoms with E-state index in [4.69, 9.17) is 19.3 Å². The SMILES string of the molecule is CC(C)=O.OC[C@H]1O[C@@H](O[C@H]2[C@H](O)[C@@H](O)C(O)O[C@@H]2CO)[C@H](O)[C@@H](O)[C@H]1O. The van der Waals surface area contributed by atoms with Crippen molar-refractivity contribution < 1.29 is 59.9 Å². The number of ketones is 1. The van der Waals surface area contributed by atoms with Crippen LogP contribution in [0.15, 0.2) is 0 Å². The smallest absolute Gasteiger partial charge is 0.187 e. The first-order valence-electron chi connectivity index (χ1n) is 8.28. The summed E-state index contributed by atoms with van der Waals surface area (Å²) in [7, 11) is 0. The van der Waals surface area contributed by atoms with Gasteiger partial charge in [-0.3, -0.25) is 0 Å². The van der Waals surface area contributed by atoms with Crippen LogP contribution in [0.5, 0.6) is 0 Å². The first kappa shape index (κ1) is 24.3. The molecule has 0 saturated carbocycles. The van der Waals surface area contributed by atoms with Crippen LogP contribution in [0.3, 0.4) is 0 Å². The van der Waals surface area contributed by atoms with Crippen LogP contribution in [0.1, 0.15) is 13.8 Å². The van der Waals surface area contributed by atoms with Crippen LogP contribution in [0.2, 0.25) is 0 Å². The minimum atomic E-state index is -1.74. The third-order valence-corrected chi connectivity index (χ3v) is 3.98. The first-order valence-corrected chi connectivity index (χ1v) is 8.28. The number of hydrogen-bond donors (Lipinski definition) is 8. The van der Waals surface area contributed by atoms with Crippen LogP contribution in [0.4, 0.5) is 0 Å². The third-order valence-electron chi connectivity index (χ3n) is 3.98. The maximum atomic E-state index is 9.94. The van der Waals surface area contributed by atoms with Gasteiger partial charge in [-0.05, 0) is 13.8 Å². The van der Waals surface area contributed by atoms with Gasteiger partial charge >= 0.3 is 0 Å². The Morgan fingerprint density at radius 1 is 0.778 bits per heavy atom. The van der Waals surface area contributed by atoms with E-state index in [9.17, 15) is 40.5 Å². The lowest BCUT2D eigenvalue weighted by Crippen LogP contribution is -2.64. The number of aliphatic hydroxyl groups excluding tert-OH is 8. The van der Waals surface area contributed by atoms with Crippen molar-refractivity contribution in [1.29, 1.82) is 0 Å². The van der Waals surface area contributed by atoms with Crippen molar-refractivity contribution in [3.8, 4) is 0 Å². The van der Waals surface area contributed by atoms with Crippen molar-refractivity contribution >= 4 is 5.78 Å². The molecule has 1 unspecified atom stereocenters. The number of Topliss-reactive ketones (excluding diaryl/α,β-unsaturated/α-hetero) is 1. The summed E-state index contributed by atoms with van der Waals surface area (Å²) < 4.78 is 15.3. The lowest BCUT2D eigenvalue weighted by Gasteiger charge is -2.45. The Morgan fingerprint density at radius 2 is 1.30 bits per heavy atom. The van der Waals surface area contributed by atoms with Crippen LogP contribution in [0, 0.1) is 0 Å². The van der Waals surface area contributed by atoms with Gasteiger partial charge in [0, 0.05) is 0 Å². The van der Waals surface area contributed by atoms with E-state index in [1.165, 1.54) is 13.8 Å². The molecule has 2 aliphatic heterocycles. The normalized spacial score (nSPS) is 45.0. The van der Waals surface area contributed by atoms with E-state index in [0.29, 0.717) is 0 Å². The molecule has 2 rings (SSSR count). The minimum Gasteiger partial charge on any atom is -0.394 e. The molecule has 2 saturated heterocycles. The summed E-state index contributed by atoms with van der Waals surface area (Å²) in [6.45, 7) is 1.71. The van der Waals surface area contributed by atoms with E-state index < -0.39 is 74.6 Å². The van der Waals surface area contributed by atoms with Gasteiger partial charge in [0.15, 0.2) is 12.6 Å². The fraction of sp³-hybridized carbons (Fsp3) is 0.933. The number of carbonyl (C=O) groups excluding carboxylic acids is 1. The minimum absolute atomic E-state index is 0.167. The summed E-state index contributed by atoms with van der Waals surface area (Å²) in [6, 6.07) is 0. The highest BCUT2D eigenvalue weighted by Crippen LogP contribution is 2.28. The lowest BCUT2D eigenvalue weighted by atomic mass is 9.97. The lowest BCUT2D eigenvalue weighted by molar-refractivity contribution is -0.355. The van der Waals surface area contributed by atoms with E-state index >= 15 is 0 Å². The second-order valence-electron chi connectivity index (χ2n) is 6.44. The number of hydrogen-bond acceptors (Lipinski definition) is 12. The quantitative estimate of drug-likeness (QED) is 0.224. The zero-order chi connectivity index (χ0) is 20.9. The second kappa shape index (κ2) is 10.7. The molecule has 0 aromatic carbocycles. The maximum absolute atomic E-state index is 9.94. The van der Waals surface area contributed by atoms with Crippen molar-refractivity contribution in [3.63, 3.8) is 0 Å². The van der Waals surface area contributed by atoms with Gasteiger partial charge in [0.25, 0.3) is 0 Å². The highest BCUT2D eigenvalue weighted by atomic mass is 16.7. The Labute approximate surface area is 155 Å². The molecule has 0 radical (unpaired) electrons. The Morgan fingerprint density at radius 3 is 1.78 bits per heavy atom. The molecule has 0 amide bonds. The molecule has 2 fully saturated rings. The molecule has 0 bridgehead atoms. The Kier molecular flexibility index (Phi) is 9.61. The molecule has 12 nitrogen and oxygen atoms in total. The second-order valence-corrected chi connectivity index (χ2v) is 6.44. The van der Waals surface area contributed by atoms with Crippen LogP contribution in [0.25, 0.3) is 0 Å². The maximum Gasteiger partial charge on any atom is 0.187 e. The fourth-order valence-corrected chi connectivity index (χ4v) is 2.57. The average molecular weight is 400 g/mol. The van der Waals surface area contributed by atoms with E-state index in [1.54, 1.807) is 0 Å². The zero-order valence-corrected chi connectivity index (χ0v) is 14.9. The topological polar surface area (TPSA) is 207 Å². The highest BCUT2D eigenvalue weighted by Gasteiger charge is 2.50. The number of aliphatic hydroxyl groups is 8. The van der Waals surface area contributed by atoms with E-state index in [2.05, 4.69) is 0 Å². The Bertz CT molecular complexity index is 454. The van der Waals surface area contributed by atoms with Gasteiger partial charge in [-0.15, -0.1) is 0 Å². The van der Waals surface area contributed by atoms with Crippen molar-refractivity contribution in [2.24, 2.45) is 0 Å². The van der Waals surface area contributed by atoms with E-state index in [1.807, 2.05) is 0 Å². The first-order chi connectivity index (χ1) is 12.5. The summed E-state index contributed by atoms with van der Waals surface area (Å²) in [6.07, 6.45) is -15.6. The molecule has 10 atom stereocenters. The number of carbonyl (C=O) groups is 1. The van der Waals surface area contributed by atoms with Gasteiger partial charge in [0.2, 0.25) is 0 Å². The Hall–Kier alpha value is -0.770.